The molecule has 2 aromatic heterocycles. The molecular weight excluding hydrogens is 356 g/mol. The van der Waals surface area contributed by atoms with E-state index in [0.29, 0.717) is 28.6 Å². The summed E-state index contributed by atoms with van der Waals surface area (Å²) in [6.07, 6.45) is 1.17. The molecule has 120 valence electrons. The Bertz CT molecular complexity index is 980. The molecule has 1 fully saturated rings. The Morgan fingerprint density at radius 2 is 2.13 bits per heavy atom. The Morgan fingerprint density at radius 1 is 1.30 bits per heavy atom. The zero-order valence-electron chi connectivity index (χ0n) is 12.0. The van der Waals surface area contributed by atoms with Crippen molar-refractivity contribution in [2.75, 3.05) is 11.5 Å². The summed E-state index contributed by atoms with van der Waals surface area (Å²) in [4.78, 5) is 0.686. The predicted octanol–water partition coefficient (Wildman–Crippen LogP) is 2.33. The maximum Gasteiger partial charge on any atom is 0.234 e. The molecule has 1 saturated heterocycles. The van der Waals surface area contributed by atoms with Crippen molar-refractivity contribution in [3.05, 3.63) is 45.7 Å². The van der Waals surface area contributed by atoms with Crippen molar-refractivity contribution in [1.82, 2.24) is 19.8 Å². The third-order valence-electron chi connectivity index (χ3n) is 3.96. The number of hydrogen-bond acceptors (Lipinski definition) is 6. The number of rotatable bonds is 3. The SMILES string of the molecule is O=S1(=O)CC[C@H](c2nn3c(Cc4ccccc4Cl)nnc3s2)C1. The van der Waals surface area contributed by atoms with Gasteiger partial charge in [-0.15, -0.1) is 10.2 Å². The van der Waals surface area contributed by atoms with E-state index in [1.807, 2.05) is 24.3 Å². The molecule has 0 unspecified atom stereocenters. The van der Waals surface area contributed by atoms with Gasteiger partial charge in [0, 0.05) is 17.4 Å². The number of aromatic nitrogens is 4. The smallest absolute Gasteiger partial charge is 0.229 e. The highest BCUT2D eigenvalue weighted by atomic mass is 35.5. The molecule has 4 rings (SSSR count). The topological polar surface area (TPSA) is 77.2 Å². The van der Waals surface area contributed by atoms with Crippen molar-refractivity contribution in [3.63, 3.8) is 0 Å². The van der Waals surface area contributed by atoms with Crippen LogP contribution in [0.1, 0.15) is 28.7 Å². The number of nitrogens with zero attached hydrogens (tertiary/aromatic N) is 4. The van der Waals surface area contributed by atoms with Crippen molar-refractivity contribution < 1.29 is 8.42 Å². The van der Waals surface area contributed by atoms with Crippen LogP contribution in [0.5, 0.6) is 0 Å². The molecule has 0 saturated carbocycles. The van der Waals surface area contributed by atoms with Crippen molar-refractivity contribution in [2.24, 2.45) is 0 Å². The second kappa shape index (κ2) is 5.54. The minimum atomic E-state index is -2.92. The van der Waals surface area contributed by atoms with Crippen LogP contribution < -0.4 is 0 Å². The van der Waals surface area contributed by atoms with Gasteiger partial charge in [-0.1, -0.05) is 41.1 Å². The summed E-state index contributed by atoms with van der Waals surface area (Å²) in [6.45, 7) is 0. The first-order chi connectivity index (χ1) is 11.0. The van der Waals surface area contributed by atoms with Crippen LogP contribution in [-0.2, 0) is 16.3 Å². The number of halogens is 1. The lowest BCUT2D eigenvalue weighted by Gasteiger charge is -2.02. The van der Waals surface area contributed by atoms with Crippen LogP contribution in [0.4, 0.5) is 0 Å². The van der Waals surface area contributed by atoms with E-state index >= 15 is 0 Å². The summed E-state index contributed by atoms with van der Waals surface area (Å²) in [5, 5.41) is 14.4. The third kappa shape index (κ3) is 2.86. The summed E-state index contributed by atoms with van der Waals surface area (Å²) < 4.78 is 25.0. The van der Waals surface area contributed by atoms with Gasteiger partial charge >= 0.3 is 0 Å². The Kier molecular flexibility index (Phi) is 3.62. The number of sulfone groups is 1. The number of fused-ring (bicyclic) bond motifs is 1. The van der Waals surface area contributed by atoms with E-state index in [4.69, 9.17) is 11.6 Å². The van der Waals surface area contributed by atoms with Crippen LogP contribution in [0, 0.1) is 0 Å². The summed E-state index contributed by atoms with van der Waals surface area (Å²) in [7, 11) is -2.92. The molecule has 1 aliphatic heterocycles. The molecule has 3 aromatic rings. The molecule has 23 heavy (non-hydrogen) atoms. The van der Waals surface area contributed by atoms with Gasteiger partial charge in [0.1, 0.15) is 5.01 Å². The van der Waals surface area contributed by atoms with Crippen LogP contribution in [0.2, 0.25) is 5.02 Å². The Morgan fingerprint density at radius 3 is 2.87 bits per heavy atom. The zero-order valence-corrected chi connectivity index (χ0v) is 14.4. The van der Waals surface area contributed by atoms with Gasteiger partial charge in [0.25, 0.3) is 0 Å². The van der Waals surface area contributed by atoms with E-state index in [1.54, 1.807) is 4.52 Å². The highest BCUT2D eigenvalue weighted by molar-refractivity contribution is 7.91. The third-order valence-corrected chi connectivity index (χ3v) is 7.16. The van der Waals surface area contributed by atoms with Crippen LogP contribution in [0.25, 0.3) is 4.96 Å². The fraction of sp³-hybridized carbons (Fsp3) is 0.357. The van der Waals surface area contributed by atoms with E-state index in [-0.39, 0.29) is 17.4 Å². The van der Waals surface area contributed by atoms with Crippen LogP contribution >= 0.6 is 22.9 Å². The van der Waals surface area contributed by atoms with Crippen molar-refractivity contribution in [2.45, 2.75) is 18.8 Å². The average Bonchev–Trinajstić information content (AvgIpc) is 3.16. The molecule has 0 N–H and O–H groups in total. The number of benzene rings is 1. The molecular formula is C14H13ClN4O2S2. The second-order valence-corrected chi connectivity index (χ2v) is 9.24. The summed E-state index contributed by atoms with van der Waals surface area (Å²) in [6, 6.07) is 7.59. The molecule has 0 aliphatic carbocycles. The number of hydrogen-bond donors (Lipinski definition) is 0. The maximum absolute atomic E-state index is 11.6. The van der Waals surface area contributed by atoms with Gasteiger partial charge in [0.15, 0.2) is 15.7 Å². The molecule has 0 spiro atoms. The molecule has 3 heterocycles. The van der Waals surface area contributed by atoms with Gasteiger partial charge in [0.2, 0.25) is 4.96 Å². The van der Waals surface area contributed by atoms with Gasteiger partial charge < -0.3 is 0 Å². The summed E-state index contributed by atoms with van der Waals surface area (Å²) >= 11 is 7.60. The highest BCUT2D eigenvalue weighted by Crippen LogP contribution is 2.32. The van der Waals surface area contributed by atoms with Crippen LogP contribution in [-0.4, -0.2) is 39.7 Å². The first-order valence-electron chi connectivity index (χ1n) is 7.17. The molecule has 6 nitrogen and oxygen atoms in total. The van der Waals surface area contributed by atoms with E-state index in [2.05, 4.69) is 15.3 Å². The van der Waals surface area contributed by atoms with Gasteiger partial charge in [-0.2, -0.15) is 9.61 Å². The van der Waals surface area contributed by atoms with Crippen molar-refractivity contribution in [1.29, 1.82) is 0 Å². The average molecular weight is 369 g/mol. The monoisotopic (exact) mass is 368 g/mol. The summed E-state index contributed by atoms with van der Waals surface area (Å²) in [5.74, 6) is 1.10. The molecule has 0 amide bonds. The standard InChI is InChI=1S/C14H13ClN4O2S2/c15-11-4-2-1-3-9(11)7-12-16-17-14-19(12)18-13(22-14)10-5-6-23(20,21)8-10/h1-4,10H,5-8H2/t10-/m0/s1. The maximum atomic E-state index is 11.6. The molecule has 1 aliphatic rings. The quantitative estimate of drug-likeness (QED) is 0.709. The van der Waals surface area contributed by atoms with Crippen molar-refractivity contribution >= 4 is 37.7 Å². The molecule has 1 atom stereocenters. The van der Waals surface area contributed by atoms with E-state index < -0.39 is 9.84 Å². The van der Waals surface area contributed by atoms with E-state index in [0.717, 1.165) is 10.6 Å². The molecule has 0 bridgehead atoms. The largest absolute Gasteiger partial charge is 0.234 e. The second-order valence-electron chi connectivity index (χ2n) is 5.62. The minimum Gasteiger partial charge on any atom is -0.229 e. The normalized spacial score (nSPS) is 20.3. The van der Waals surface area contributed by atoms with Crippen molar-refractivity contribution in [3.8, 4) is 0 Å². The lowest BCUT2D eigenvalue weighted by molar-refractivity contribution is 0.601. The fourth-order valence-corrected chi connectivity index (χ4v) is 5.80. The Labute approximate surface area is 142 Å². The van der Waals surface area contributed by atoms with E-state index in [1.165, 1.54) is 11.3 Å². The van der Waals surface area contributed by atoms with Crippen LogP contribution in [0.15, 0.2) is 24.3 Å². The first kappa shape index (κ1) is 15.0. The molecule has 1 aromatic carbocycles. The van der Waals surface area contributed by atoms with Gasteiger partial charge in [0.05, 0.1) is 11.5 Å². The van der Waals surface area contributed by atoms with Gasteiger partial charge in [-0.05, 0) is 18.1 Å². The fourth-order valence-electron chi connectivity index (χ4n) is 2.75. The Hall–Kier alpha value is -1.51. The van der Waals surface area contributed by atoms with E-state index in [9.17, 15) is 8.42 Å². The highest BCUT2D eigenvalue weighted by Gasteiger charge is 2.32. The Balaban J connectivity index is 1.66. The molecule has 0 radical (unpaired) electrons. The first-order valence-corrected chi connectivity index (χ1v) is 10.2. The van der Waals surface area contributed by atoms with Gasteiger partial charge in [-0.25, -0.2) is 8.42 Å². The van der Waals surface area contributed by atoms with Gasteiger partial charge in [-0.3, -0.25) is 0 Å². The zero-order chi connectivity index (χ0) is 16.0. The predicted molar refractivity (Wildman–Crippen MR) is 88.9 cm³/mol. The minimum absolute atomic E-state index is 0.0279. The molecule has 9 heteroatoms. The lowest BCUT2D eigenvalue weighted by atomic mass is 10.1. The van der Waals surface area contributed by atoms with Crippen LogP contribution in [0.3, 0.4) is 0 Å². The summed E-state index contributed by atoms with van der Waals surface area (Å²) in [5.41, 5.74) is 0.960. The lowest BCUT2D eigenvalue weighted by Crippen LogP contribution is -2.05.